The van der Waals surface area contributed by atoms with E-state index in [9.17, 15) is 4.79 Å². The Bertz CT molecular complexity index is 1190. The van der Waals surface area contributed by atoms with Gasteiger partial charge in [0.2, 0.25) is 5.91 Å². The van der Waals surface area contributed by atoms with Crippen molar-refractivity contribution in [2.24, 2.45) is 11.7 Å². The molecule has 1 aliphatic rings. The Labute approximate surface area is 196 Å². The highest BCUT2D eigenvalue weighted by Gasteiger charge is 2.30. The Morgan fingerprint density at radius 1 is 1.39 bits per heavy atom. The molecule has 0 bridgehead atoms. The van der Waals surface area contributed by atoms with Gasteiger partial charge >= 0.3 is 0 Å². The number of ether oxygens (including phenoxy) is 1. The molecule has 7 N–H and O–H groups in total. The molecule has 1 aliphatic carbocycles. The number of carbonyl (C=O) groups is 1. The summed E-state index contributed by atoms with van der Waals surface area (Å²) >= 11 is 1.64. The number of nitrogens with zero attached hydrogens (tertiary/aromatic N) is 3. The summed E-state index contributed by atoms with van der Waals surface area (Å²) in [4.78, 5) is 25.3. The first kappa shape index (κ1) is 22.9. The van der Waals surface area contributed by atoms with E-state index in [1.807, 2.05) is 20.2 Å². The lowest BCUT2D eigenvalue weighted by Crippen LogP contribution is -2.32. The molecule has 2 heterocycles. The minimum atomic E-state index is 0.00669. The fourth-order valence-electron chi connectivity index (χ4n) is 4.15. The Hall–Kier alpha value is -3.24. The van der Waals surface area contributed by atoms with Crippen LogP contribution in [0.1, 0.15) is 28.8 Å². The van der Waals surface area contributed by atoms with Crippen LogP contribution in [0.3, 0.4) is 0 Å². The van der Waals surface area contributed by atoms with E-state index in [1.54, 1.807) is 28.6 Å². The highest BCUT2D eigenvalue weighted by atomic mass is 32.1. The fraction of sp³-hybridized carbons (Fsp3) is 0.391. The smallest absolute Gasteiger partial charge is 0.225 e. The lowest BCUT2D eigenvalue weighted by Gasteiger charge is -2.24. The first-order valence-corrected chi connectivity index (χ1v) is 11.8. The van der Waals surface area contributed by atoms with Gasteiger partial charge in [-0.25, -0.2) is 9.97 Å². The Balaban J connectivity index is 1.71. The molecule has 1 atom stereocenters. The van der Waals surface area contributed by atoms with Crippen molar-refractivity contribution in [2.75, 3.05) is 38.3 Å². The zero-order valence-corrected chi connectivity index (χ0v) is 19.7. The van der Waals surface area contributed by atoms with Gasteiger partial charge in [0.15, 0.2) is 6.21 Å². The molecule has 0 radical (unpaired) electrons. The molecule has 4 rings (SSSR count). The molecule has 9 nitrogen and oxygen atoms in total. The SMILES string of the molecule is CN(C)C(=O)C1CCc2c(sc3ncnc(Nc4cc(C=[NH2+])c(N)cc4OCCCN)c23)C1. The van der Waals surface area contributed by atoms with Crippen molar-refractivity contribution in [3.8, 4) is 5.75 Å². The number of carbonyl (C=O) groups excluding carboxylic acids is 1. The van der Waals surface area contributed by atoms with Gasteiger partial charge in [0.1, 0.15) is 22.7 Å². The van der Waals surface area contributed by atoms with Gasteiger partial charge in [-0.2, -0.15) is 0 Å². The van der Waals surface area contributed by atoms with Gasteiger partial charge in [-0.1, -0.05) is 0 Å². The number of anilines is 3. The quantitative estimate of drug-likeness (QED) is 0.220. The number of rotatable bonds is 8. The van der Waals surface area contributed by atoms with E-state index in [2.05, 4.69) is 15.3 Å². The van der Waals surface area contributed by atoms with Crippen molar-refractivity contribution in [1.29, 1.82) is 0 Å². The maximum Gasteiger partial charge on any atom is 0.225 e. The third-order valence-electron chi connectivity index (χ3n) is 5.86. The fourth-order valence-corrected chi connectivity index (χ4v) is 5.41. The van der Waals surface area contributed by atoms with Crippen molar-refractivity contribution in [1.82, 2.24) is 14.9 Å². The second kappa shape index (κ2) is 9.72. The second-order valence-electron chi connectivity index (χ2n) is 8.34. The van der Waals surface area contributed by atoms with Gasteiger partial charge in [0, 0.05) is 36.6 Å². The molecule has 0 aliphatic heterocycles. The van der Waals surface area contributed by atoms with Crippen LogP contribution >= 0.6 is 11.3 Å². The summed E-state index contributed by atoms with van der Waals surface area (Å²) in [5.41, 5.74) is 14.9. The van der Waals surface area contributed by atoms with Crippen molar-refractivity contribution in [3.05, 3.63) is 34.5 Å². The van der Waals surface area contributed by atoms with Crippen LogP contribution in [0.15, 0.2) is 18.5 Å². The van der Waals surface area contributed by atoms with Crippen molar-refractivity contribution >= 4 is 50.9 Å². The van der Waals surface area contributed by atoms with Gasteiger partial charge in [-0.05, 0) is 43.9 Å². The molecule has 2 aromatic heterocycles. The van der Waals surface area contributed by atoms with E-state index in [-0.39, 0.29) is 11.8 Å². The van der Waals surface area contributed by atoms with Gasteiger partial charge in [-0.15, -0.1) is 11.3 Å². The van der Waals surface area contributed by atoms with Gasteiger partial charge < -0.3 is 26.4 Å². The average molecular weight is 469 g/mol. The first-order chi connectivity index (χ1) is 15.9. The average Bonchev–Trinajstić information content (AvgIpc) is 3.18. The highest BCUT2D eigenvalue weighted by molar-refractivity contribution is 7.19. The summed E-state index contributed by atoms with van der Waals surface area (Å²) < 4.78 is 5.94. The molecular formula is C23H30N7O2S+. The Kier molecular flexibility index (Phi) is 6.75. The summed E-state index contributed by atoms with van der Waals surface area (Å²) in [6, 6.07) is 3.61. The van der Waals surface area contributed by atoms with Crippen LogP contribution < -0.4 is 26.9 Å². The predicted molar refractivity (Wildman–Crippen MR) is 132 cm³/mol. The summed E-state index contributed by atoms with van der Waals surface area (Å²) in [6.07, 6.45) is 6.10. The third-order valence-corrected chi connectivity index (χ3v) is 7.02. The highest BCUT2D eigenvalue weighted by Crippen LogP contribution is 2.41. The summed E-state index contributed by atoms with van der Waals surface area (Å²) in [5.74, 6) is 1.49. The first-order valence-electron chi connectivity index (χ1n) is 11.0. The van der Waals surface area contributed by atoms with E-state index in [0.717, 1.165) is 35.9 Å². The maximum atomic E-state index is 12.5. The third kappa shape index (κ3) is 4.62. The monoisotopic (exact) mass is 468 g/mol. The summed E-state index contributed by atoms with van der Waals surface area (Å²) in [7, 11) is 3.62. The Morgan fingerprint density at radius 2 is 2.21 bits per heavy atom. The lowest BCUT2D eigenvalue weighted by atomic mass is 9.87. The van der Waals surface area contributed by atoms with Crippen molar-refractivity contribution < 1.29 is 14.9 Å². The minimum Gasteiger partial charge on any atom is -0.491 e. The standard InChI is InChI=1S/C23H29N7O2S/c1-30(2)23(31)13-4-5-15-19(9-13)33-22-20(15)21(27-12-28-22)29-17-8-14(11-25)16(26)10-18(17)32-7-3-6-24/h8,10-13,25H,3-7,9,24,26H2,1-2H3,(H,27,28,29)/p+1. The molecule has 174 valence electrons. The molecule has 3 aromatic rings. The number of thiophene rings is 1. The van der Waals surface area contributed by atoms with E-state index in [1.165, 1.54) is 16.7 Å². The molecule has 10 heteroatoms. The number of fused-ring (bicyclic) bond motifs is 3. The topological polar surface area (TPSA) is 145 Å². The molecule has 0 fully saturated rings. The van der Waals surface area contributed by atoms with E-state index >= 15 is 0 Å². The van der Waals surface area contributed by atoms with E-state index in [4.69, 9.17) is 21.6 Å². The number of hydrogen-bond acceptors (Lipinski definition) is 8. The number of benzene rings is 1. The van der Waals surface area contributed by atoms with Crippen LogP contribution in [0.4, 0.5) is 17.2 Å². The molecule has 0 saturated carbocycles. The van der Waals surface area contributed by atoms with Crippen LogP contribution in [-0.4, -0.2) is 54.2 Å². The largest absolute Gasteiger partial charge is 0.491 e. The maximum absolute atomic E-state index is 12.5. The van der Waals surface area contributed by atoms with Gasteiger partial charge in [0.25, 0.3) is 0 Å². The molecular weight excluding hydrogens is 438 g/mol. The zero-order chi connectivity index (χ0) is 23.5. The van der Waals surface area contributed by atoms with Crippen molar-refractivity contribution in [2.45, 2.75) is 25.7 Å². The number of nitrogens with two attached hydrogens (primary N) is 3. The van der Waals surface area contributed by atoms with E-state index < -0.39 is 0 Å². The van der Waals surface area contributed by atoms with Crippen molar-refractivity contribution in [3.63, 3.8) is 0 Å². The molecule has 0 spiro atoms. The minimum absolute atomic E-state index is 0.00669. The predicted octanol–water partition coefficient (Wildman–Crippen LogP) is 1.12. The van der Waals surface area contributed by atoms with Crippen LogP contribution in [0.25, 0.3) is 10.2 Å². The number of aromatic nitrogens is 2. The van der Waals surface area contributed by atoms with Crippen LogP contribution in [0.2, 0.25) is 0 Å². The number of aryl methyl sites for hydroxylation is 1. The Morgan fingerprint density at radius 3 is 2.94 bits per heavy atom. The summed E-state index contributed by atoms with van der Waals surface area (Å²) in [6.45, 7) is 1.02. The molecule has 1 aromatic carbocycles. The number of amides is 1. The number of nitrogen functional groups attached to an aromatic ring is 1. The lowest BCUT2D eigenvalue weighted by molar-refractivity contribution is -0.133. The van der Waals surface area contributed by atoms with E-state index in [0.29, 0.717) is 41.7 Å². The second-order valence-corrected chi connectivity index (χ2v) is 9.42. The molecule has 33 heavy (non-hydrogen) atoms. The van der Waals surface area contributed by atoms with Gasteiger partial charge in [0.05, 0.1) is 23.2 Å². The normalized spacial score (nSPS) is 15.2. The van der Waals surface area contributed by atoms with Gasteiger partial charge in [-0.3, -0.25) is 10.2 Å². The number of hydrogen-bond donors (Lipinski definition) is 4. The van der Waals surface area contributed by atoms with Crippen LogP contribution in [0, 0.1) is 5.92 Å². The van der Waals surface area contributed by atoms with Crippen LogP contribution in [-0.2, 0) is 17.6 Å². The molecule has 0 saturated heterocycles. The number of nitrogens with one attached hydrogen (secondary N) is 1. The molecule has 1 unspecified atom stereocenters. The summed E-state index contributed by atoms with van der Waals surface area (Å²) in [5, 5.41) is 10.2. The zero-order valence-electron chi connectivity index (χ0n) is 18.9. The van der Waals surface area contributed by atoms with Crippen LogP contribution in [0.5, 0.6) is 5.75 Å². The molecule has 1 amide bonds.